The number of hydrogen-bond acceptors (Lipinski definition) is 2. The van der Waals surface area contributed by atoms with Gasteiger partial charge in [-0.15, -0.1) is 0 Å². The van der Waals surface area contributed by atoms with Crippen molar-refractivity contribution in [1.29, 1.82) is 0 Å². The number of ether oxygens (including phenoxy) is 1. The van der Waals surface area contributed by atoms with Crippen LogP contribution in [0.25, 0.3) is 0 Å². The van der Waals surface area contributed by atoms with Crippen LogP contribution in [-0.2, 0) is 11.3 Å². The van der Waals surface area contributed by atoms with Gasteiger partial charge in [0.1, 0.15) is 0 Å². The monoisotopic (exact) mass is 231 g/mol. The Morgan fingerprint density at radius 1 is 1.67 bits per heavy atom. The van der Waals surface area contributed by atoms with Crippen LogP contribution < -0.4 is 0 Å². The Kier molecular flexibility index (Phi) is 3.05. The third-order valence-electron chi connectivity index (χ3n) is 1.69. The van der Waals surface area contributed by atoms with E-state index in [1.807, 2.05) is 6.92 Å². The van der Waals surface area contributed by atoms with Crippen LogP contribution in [0.2, 0.25) is 0 Å². The van der Waals surface area contributed by atoms with Crippen LogP contribution >= 0.6 is 15.9 Å². The van der Waals surface area contributed by atoms with E-state index in [0.717, 1.165) is 22.0 Å². The van der Waals surface area contributed by atoms with Gasteiger partial charge in [0.05, 0.1) is 18.0 Å². The van der Waals surface area contributed by atoms with Crippen molar-refractivity contribution in [1.82, 2.24) is 4.98 Å². The number of nitrogens with one attached hydrogen (secondary N) is 1. The summed E-state index contributed by atoms with van der Waals surface area (Å²) in [4.78, 5) is 13.5. The fraction of sp³-hybridized carbons (Fsp3) is 0.375. The lowest BCUT2D eigenvalue weighted by atomic mass is 10.3. The Morgan fingerprint density at radius 3 is 2.75 bits per heavy atom. The third-order valence-corrected chi connectivity index (χ3v) is 2.76. The highest BCUT2D eigenvalue weighted by Gasteiger charge is 2.10. The van der Waals surface area contributed by atoms with E-state index in [1.54, 1.807) is 7.11 Å². The molecule has 1 heterocycles. The normalized spacial score (nSPS) is 10.2. The van der Waals surface area contributed by atoms with Gasteiger partial charge in [-0.1, -0.05) is 0 Å². The average molecular weight is 232 g/mol. The Morgan fingerprint density at radius 2 is 2.33 bits per heavy atom. The van der Waals surface area contributed by atoms with Crippen LogP contribution in [0.4, 0.5) is 0 Å². The molecule has 0 radical (unpaired) electrons. The molecule has 0 aliphatic heterocycles. The molecule has 1 aromatic heterocycles. The second kappa shape index (κ2) is 3.87. The number of aromatic nitrogens is 1. The van der Waals surface area contributed by atoms with Crippen LogP contribution in [0, 0.1) is 6.92 Å². The molecule has 1 aromatic rings. The van der Waals surface area contributed by atoms with Crippen LogP contribution in [-0.4, -0.2) is 18.4 Å². The van der Waals surface area contributed by atoms with Crippen molar-refractivity contribution in [3.05, 3.63) is 21.4 Å². The summed E-state index contributed by atoms with van der Waals surface area (Å²) in [6.45, 7) is 2.36. The lowest BCUT2D eigenvalue weighted by Gasteiger charge is -1.95. The van der Waals surface area contributed by atoms with E-state index >= 15 is 0 Å². The van der Waals surface area contributed by atoms with E-state index in [4.69, 9.17) is 4.74 Å². The van der Waals surface area contributed by atoms with Gasteiger partial charge in [0, 0.05) is 11.6 Å². The summed E-state index contributed by atoms with van der Waals surface area (Å²) < 4.78 is 5.87. The van der Waals surface area contributed by atoms with Crippen LogP contribution in [0.1, 0.15) is 21.7 Å². The topological polar surface area (TPSA) is 42.1 Å². The SMILES string of the molecule is COCc1[nH]c(C=O)c(C)c1Br. The molecule has 66 valence electrons. The Balaban J connectivity index is 3.06. The maximum atomic E-state index is 10.5. The molecule has 0 amide bonds. The van der Waals surface area contributed by atoms with Crippen molar-refractivity contribution in [2.45, 2.75) is 13.5 Å². The van der Waals surface area contributed by atoms with Gasteiger partial charge in [-0.05, 0) is 28.4 Å². The van der Waals surface area contributed by atoms with Crippen molar-refractivity contribution >= 4 is 22.2 Å². The Hall–Kier alpha value is -0.610. The zero-order chi connectivity index (χ0) is 9.14. The minimum absolute atomic E-state index is 0.481. The number of H-pyrrole nitrogens is 1. The minimum Gasteiger partial charge on any atom is -0.378 e. The molecule has 1 N–H and O–H groups in total. The molecule has 0 spiro atoms. The van der Waals surface area contributed by atoms with E-state index < -0.39 is 0 Å². The summed E-state index contributed by atoms with van der Waals surface area (Å²) in [5.41, 5.74) is 2.43. The van der Waals surface area contributed by atoms with Crippen molar-refractivity contribution in [3.63, 3.8) is 0 Å². The van der Waals surface area contributed by atoms with Crippen molar-refractivity contribution in [2.75, 3.05) is 7.11 Å². The maximum absolute atomic E-state index is 10.5. The molecule has 0 fully saturated rings. The molecule has 12 heavy (non-hydrogen) atoms. The maximum Gasteiger partial charge on any atom is 0.166 e. The van der Waals surface area contributed by atoms with E-state index in [2.05, 4.69) is 20.9 Å². The highest BCUT2D eigenvalue weighted by molar-refractivity contribution is 9.10. The van der Waals surface area contributed by atoms with E-state index in [-0.39, 0.29) is 0 Å². The number of aromatic amines is 1. The number of carbonyl (C=O) groups is 1. The molecule has 0 bridgehead atoms. The number of carbonyl (C=O) groups excluding carboxylic acids is 1. The molecule has 1 rings (SSSR count). The minimum atomic E-state index is 0.481. The van der Waals surface area contributed by atoms with Crippen molar-refractivity contribution in [3.8, 4) is 0 Å². The zero-order valence-electron chi connectivity index (χ0n) is 6.98. The summed E-state index contributed by atoms with van der Waals surface area (Å²) in [6.07, 6.45) is 0.805. The molecule has 4 heteroatoms. The Labute approximate surface area is 79.2 Å². The smallest absolute Gasteiger partial charge is 0.166 e. The number of rotatable bonds is 3. The molecule has 3 nitrogen and oxygen atoms in total. The molecule has 0 aliphatic rings. The number of hydrogen-bond donors (Lipinski definition) is 1. The summed E-state index contributed by atoms with van der Waals surface area (Å²) in [5, 5.41) is 0. The van der Waals surface area contributed by atoms with Gasteiger partial charge >= 0.3 is 0 Å². The third kappa shape index (κ3) is 1.59. The standard InChI is InChI=1S/C8H10BrNO2/c1-5-6(3-11)10-7(4-12-2)8(5)9/h3,10H,4H2,1-2H3. The van der Waals surface area contributed by atoms with Crippen LogP contribution in [0.15, 0.2) is 4.47 Å². The van der Waals surface area contributed by atoms with Gasteiger partial charge in [-0.2, -0.15) is 0 Å². The fourth-order valence-electron chi connectivity index (χ4n) is 1.02. The first-order valence-corrected chi connectivity index (χ1v) is 4.31. The second-order valence-corrected chi connectivity index (χ2v) is 3.30. The molecule has 0 atom stereocenters. The van der Waals surface area contributed by atoms with E-state index in [1.165, 1.54) is 0 Å². The largest absolute Gasteiger partial charge is 0.378 e. The molecule has 0 saturated carbocycles. The molecule has 0 unspecified atom stereocenters. The number of halogens is 1. The highest BCUT2D eigenvalue weighted by atomic mass is 79.9. The molecule has 0 saturated heterocycles. The first-order valence-electron chi connectivity index (χ1n) is 3.51. The summed E-state index contributed by atoms with van der Waals surface area (Å²) in [7, 11) is 1.61. The lowest BCUT2D eigenvalue weighted by Crippen LogP contribution is -1.88. The van der Waals surface area contributed by atoms with Gasteiger partial charge < -0.3 is 9.72 Å². The quantitative estimate of drug-likeness (QED) is 0.810. The van der Waals surface area contributed by atoms with Gasteiger partial charge in [-0.3, -0.25) is 4.79 Å². The molecule has 0 aliphatic carbocycles. The first kappa shape index (κ1) is 9.48. The second-order valence-electron chi connectivity index (χ2n) is 2.51. The van der Waals surface area contributed by atoms with E-state index in [0.29, 0.717) is 12.3 Å². The Bertz CT molecular complexity index is 293. The summed E-state index contributed by atoms with van der Waals surface area (Å²) >= 11 is 3.37. The fourth-order valence-corrected chi connectivity index (χ4v) is 1.44. The highest BCUT2D eigenvalue weighted by Crippen LogP contribution is 2.23. The first-order chi connectivity index (χ1) is 5.70. The van der Waals surface area contributed by atoms with Crippen molar-refractivity contribution < 1.29 is 9.53 Å². The van der Waals surface area contributed by atoms with Gasteiger partial charge in [-0.25, -0.2) is 0 Å². The number of methoxy groups -OCH3 is 1. The molecular formula is C8H10BrNO2. The van der Waals surface area contributed by atoms with Crippen LogP contribution in [0.3, 0.4) is 0 Å². The van der Waals surface area contributed by atoms with Gasteiger partial charge in [0.15, 0.2) is 6.29 Å². The van der Waals surface area contributed by atoms with Crippen LogP contribution in [0.5, 0.6) is 0 Å². The lowest BCUT2D eigenvalue weighted by molar-refractivity contribution is 0.111. The predicted octanol–water partition coefficient (Wildman–Crippen LogP) is 2.04. The number of aldehydes is 1. The van der Waals surface area contributed by atoms with Gasteiger partial charge in [0.2, 0.25) is 0 Å². The average Bonchev–Trinajstić information content (AvgIpc) is 2.33. The van der Waals surface area contributed by atoms with Crippen molar-refractivity contribution in [2.24, 2.45) is 0 Å². The summed E-state index contributed by atoms with van der Waals surface area (Å²) in [5.74, 6) is 0. The summed E-state index contributed by atoms with van der Waals surface area (Å²) in [6, 6.07) is 0. The zero-order valence-corrected chi connectivity index (χ0v) is 8.56. The van der Waals surface area contributed by atoms with Gasteiger partial charge in [0.25, 0.3) is 0 Å². The molecular weight excluding hydrogens is 222 g/mol. The molecule has 0 aromatic carbocycles. The predicted molar refractivity (Wildman–Crippen MR) is 49.3 cm³/mol. The van der Waals surface area contributed by atoms with E-state index in [9.17, 15) is 4.79 Å².